The zero-order valence-electron chi connectivity index (χ0n) is 17.3. The van der Waals surface area contributed by atoms with Crippen molar-refractivity contribution in [3.05, 3.63) is 9.75 Å². The molecule has 1 aliphatic heterocycles. The summed E-state index contributed by atoms with van der Waals surface area (Å²) in [5.41, 5.74) is 0. The average Bonchev–Trinajstić information content (AvgIpc) is 2.87. The quantitative estimate of drug-likeness (QED) is 0.401. The van der Waals surface area contributed by atoms with Gasteiger partial charge in [-0.2, -0.15) is 26.3 Å². The van der Waals surface area contributed by atoms with E-state index in [1.807, 2.05) is 0 Å². The summed E-state index contributed by atoms with van der Waals surface area (Å²) in [5, 5.41) is 0. The summed E-state index contributed by atoms with van der Waals surface area (Å²) >= 11 is 0.309. The fraction of sp³-hybridized carbons (Fsp3) is 0.625. The number of hydrogen-bond acceptors (Lipinski definition) is 7. The Labute approximate surface area is 179 Å². The number of fused-ring (bicyclic) bond motifs is 1. The standard InChI is InChI=1S/C16H20F6O6SSi2/c1-30(2,3)27-13(23)9-7-8(10(29-9)14(24)28-31(4,5)6)26-12(16(20,21)22)11(25-7)15(17,18)19/h11-12H,1-6H3. The number of halogens is 6. The maximum Gasteiger partial charge on any atom is 0.429 e. The van der Waals surface area contributed by atoms with Crippen molar-refractivity contribution in [3.8, 4) is 11.5 Å². The molecule has 0 fully saturated rings. The van der Waals surface area contributed by atoms with E-state index in [9.17, 15) is 35.9 Å². The van der Waals surface area contributed by atoms with Crippen molar-refractivity contribution in [2.75, 3.05) is 0 Å². The van der Waals surface area contributed by atoms with E-state index in [1.54, 1.807) is 39.3 Å². The van der Waals surface area contributed by atoms with Crippen molar-refractivity contribution in [3.63, 3.8) is 0 Å². The van der Waals surface area contributed by atoms with Gasteiger partial charge in [-0.05, 0) is 39.3 Å². The van der Waals surface area contributed by atoms with E-state index in [0.717, 1.165) is 0 Å². The first-order chi connectivity index (χ1) is 13.7. The molecule has 1 aromatic rings. The number of thiophene rings is 1. The SMILES string of the molecule is C[Si](C)(C)OC(=O)c1sc(C(=O)O[Si](C)(C)C)c2c1OC(C(F)(F)F)C(C(F)(F)F)O2. The van der Waals surface area contributed by atoms with Gasteiger partial charge >= 0.3 is 24.3 Å². The van der Waals surface area contributed by atoms with Crippen LogP contribution in [0.1, 0.15) is 19.3 Å². The molecule has 31 heavy (non-hydrogen) atoms. The average molecular weight is 511 g/mol. The Bertz CT molecular complexity index is 800. The molecule has 0 saturated heterocycles. The van der Waals surface area contributed by atoms with Crippen LogP contribution in [0.15, 0.2) is 0 Å². The van der Waals surface area contributed by atoms with E-state index >= 15 is 0 Å². The Balaban J connectivity index is 2.65. The highest BCUT2D eigenvalue weighted by molar-refractivity contribution is 7.16. The first-order valence-electron chi connectivity index (χ1n) is 8.81. The Kier molecular flexibility index (Phi) is 6.57. The molecule has 2 atom stereocenters. The first-order valence-corrected chi connectivity index (χ1v) is 16.4. The normalized spacial score (nSPS) is 19.7. The molecule has 2 heterocycles. The predicted molar refractivity (Wildman–Crippen MR) is 103 cm³/mol. The topological polar surface area (TPSA) is 71.1 Å². The zero-order chi connectivity index (χ0) is 24.2. The third-order valence-corrected chi connectivity index (χ3v) is 6.11. The fourth-order valence-corrected chi connectivity index (χ4v) is 4.77. The molecule has 15 heteroatoms. The third-order valence-electron chi connectivity index (χ3n) is 3.40. The number of hydrogen-bond donors (Lipinski definition) is 0. The predicted octanol–water partition coefficient (Wildman–Crippen LogP) is 5.36. The van der Waals surface area contributed by atoms with Gasteiger partial charge in [0.15, 0.2) is 21.3 Å². The number of carbonyl (C=O) groups is 2. The van der Waals surface area contributed by atoms with Gasteiger partial charge in [-0.1, -0.05) is 0 Å². The second kappa shape index (κ2) is 7.99. The lowest BCUT2D eigenvalue weighted by atomic mass is 10.1. The van der Waals surface area contributed by atoms with Crippen molar-refractivity contribution in [1.29, 1.82) is 0 Å². The zero-order valence-corrected chi connectivity index (χ0v) is 20.1. The fourth-order valence-electron chi connectivity index (χ4n) is 2.39. The first kappa shape index (κ1) is 25.5. The monoisotopic (exact) mass is 510 g/mol. The van der Waals surface area contributed by atoms with Gasteiger partial charge in [-0.15, -0.1) is 11.3 Å². The van der Waals surface area contributed by atoms with E-state index < -0.39 is 74.4 Å². The van der Waals surface area contributed by atoms with Crippen LogP contribution in [0.25, 0.3) is 0 Å². The molecular weight excluding hydrogens is 490 g/mol. The summed E-state index contributed by atoms with van der Waals surface area (Å²) in [7, 11) is -5.10. The van der Waals surface area contributed by atoms with Gasteiger partial charge in [0, 0.05) is 0 Å². The summed E-state index contributed by atoms with van der Waals surface area (Å²) in [5.74, 6) is -4.08. The molecule has 0 radical (unpaired) electrons. The number of carbonyl (C=O) groups excluding carboxylic acids is 2. The van der Waals surface area contributed by atoms with Crippen LogP contribution in [-0.4, -0.2) is 53.1 Å². The van der Waals surface area contributed by atoms with Crippen LogP contribution in [0.4, 0.5) is 26.3 Å². The summed E-state index contributed by atoms with van der Waals surface area (Å²) < 4.78 is 99.6. The van der Waals surface area contributed by atoms with Crippen molar-refractivity contribution < 1.29 is 54.3 Å². The van der Waals surface area contributed by atoms with Gasteiger partial charge in [0.05, 0.1) is 0 Å². The Morgan fingerprint density at radius 3 is 1.26 bits per heavy atom. The molecular formula is C16H20F6O6SSi2. The molecule has 2 rings (SSSR count). The highest BCUT2D eigenvalue weighted by Crippen LogP contribution is 2.51. The van der Waals surface area contributed by atoms with Crippen LogP contribution in [0.5, 0.6) is 11.5 Å². The minimum absolute atomic E-state index is 0.309. The maximum absolute atomic E-state index is 13.3. The largest absolute Gasteiger partial charge is 0.516 e. The molecule has 1 aromatic heterocycles. The molecule has 0 amide bonds. The number of alkyl halides is 6. The number of rotatable bonds is 4. The van der Waals surface area contributed by atoms with Gasteiger partial charge in [0.1, 0.15) is 0 Å². The van der Waals surface area contributed by atoms with Gasteiger partial charge < -0.3 is 18.3 Å². The third kappa shape index (κ3) is 6.15. The van der Waals surface area contributed by atoms with Crippen molar-refractivity contribution >= 4 is 39.9 Å². The van der Waals surface area contributed by atoms with E-state index in [1.165, 1.54) is 0 Å². The van der Waals surface area contributed by atoms with Crippen molar-refractivity contribution in [2.24, 2.45) is 0 Å². The summed E-state index contributed by atoms with van der Waals surface area (Å²) in [6, 6.07) is 0. The van der Waals surface area contributed by atoms with Crippen LogP contribution in [0, 0.1) is 0 Å². The lowest BCUT2D eigenvalue weighted by molar-refractivity contribution is -0.287. The molecule has 176 valence electrons. The summed E-state index contributed by atoms with van der Waals surface area (Å²) in [4.78, 5) is 23.9. The van der Waals surface area contributed by atoms with Gasteiger partial charge in [0.2, 0.25) is 28.8 Å². The molecule has 0 aromatic carbocycles. The Morgan fingerprint density at radius 2 is 1.03 bits per heavy atom. The number of ether oxygens (including phenoxy) is 2. The molecule has 2 unspecified atom stereocenters. The van der Waals surface area contributed by atoms with Gasteiger partial charge in [0.25, 0.3) is 0 Å². The summed E-state index contributed by atoms with van der Waals surface area (Å²) in [6.07, 6.45) is -17.8. The lowest BCUT2D eigenvalue weighted by Gasteiger charge is -2.35. The minimum Gasteiger partial charge on any atom is -0.516 e. The van der Waals surface area contributed by atoms with E-state index in [-0.39, 0.29) is 0 Å². The second-order valence-corrected chi connectivity index (χ2v) is 18.5. The van der Waals surface area contributed by atoms with Crippen molar-refractivity contribution in [2.45, 2.75) is 63.8 Å². The van der Waals surface area contributed by atoms with Crippen molar-refractivity contribution in [1.82, 2.24) is 0 Å². The van der Waals surface area contributed by atoms with E-state index in [4.69, 9.17) is 8.85 Å². The highest BCUT2D eigenvalue weighted by atomic mass is 32.1. The van der Waals surface area contributed by atoms with E-state index in [0.29, 0.717) is 11.3 Å². The van der Waals surface area contributed by atoms with Crippen LogP contribution in [0.3, 0.4) is 0 Å². The van der Waals surface area contributed by atoms with Gasteiger partial charge in [-0.25, -0.2) is 9.59 Å². The van der Waals surface area contributed by atoms with Crippen LogP contribution >= 0.6 is 11.3 Å². The van der Waals surface area contributed by atoms with Gasteiger partial charge in [-0.3, -0.25) is 0 Å². The van der Waals surface area contributed by atoms with Crippen LogP contribution in [0.2, 0.25) is 39.3 Å². The molecule has 1 aliphatic rings. The minimum atomic E-state index is -5.47. The second-order valence-electron chi connectivity index (χ2n) is 8.58. The molecule has 6 nitrogen and oxygen atoms in total. The maximum atomic E-state index is 13.3. The van der Waals surface area contributed by atoms with Crippen LogP contribution < -0.4 is 9.47 Å². The summed E-state index contributed by atoms with van der Waals surface area (Å²) in [6.45, 7) is 9.67. The molecule has 0 spiro atoms. The van der Waals surface area contributed by atoms with Crippen LogP contribution in [-0.2, 0) is 8.85 Å². The molecule has 0 aliphatic carbocycles. The Morgan fingerprint density at radius 1 is 0.742 bits per heavy atom. The Hall–Kier alpha value is -1.75. The lowest BCUT2D eigenvalue weighted by Crippen LogP contribution is -2.56. The smallest absolute Gasteiger partial charge is 0.429 e. The highest BCUT2D eigenvalue weighted by Gasteiger charge is 2.62. The molecule has 0 bridgehead atoms. The van der Waals surface area contributed by atoms with E-state index in [2.05, 4.69) is 9.47 Å². The molecule has 0 N–H and O–H groups in total. The molecule has 0 saturated carbocycles.